The maximum atomic E-state index is 13.2. The van der Waals surface area contributed by atoms with Gasteiger partial charge in [-0.15, -0.1) is 11.3 Å². The molecule has 2 heterocycles. The van der Waals surface area contributed by atoms with E-state index in [9.17, 15) is 13.2 Å². The molecule has 184 valence electrons. The largest absolute Gasteiger partial charge is 0.488 e. The van der Waals surface area contributed by atoms with E-state index in [1.807, 2.05) is 35.7 Å². The molecule has 1 saturated carbocycles. The van der Waals surface area contributed by atoms with Crippen molar-refractivity contribution in [3.8, 4) is 5.75 Å². The van der Waals surface area contributed by atoms with E-state index in [2.05, 4.69) is 47.1 Å². The van der Waals surface area contributed by atoms with Crippen LogP contribution in [0.25, 0.3) is 0 Å². The predicted molar refractivity (Wildman–Crippen MR) is 140 cm³/mol. The highest BCUT2D eigenvalue weighted by Crippen LogP contribution is 2.29. The number of rotatable bonds is 11. The predicted octanol–water partition coefficient (Wildman–Crippen LogP) is 4.40. The summed E-state index contributed by atoms with van der Waals surface area (Å²) in [7, 11) is -3.90. The zero-order chi connectivity index (χ0) is 24.8. The molecule has 13 heteroatoms. The van der Waals surface area contributed by atoms with E-state index < -0.39 is 10.2 Å². The fourth-order valence-corrected chi connectivity index (χ4v) is 5.78. The Labute approximate surface area is 220 Å². The van der Waals surface area contributed by atoms with Gasteiger partial charge in [0.1, 0.15) is 24.5 Å². The first kappa shape index (κ1) is 25.6. The van der Waals surface area contributed by atoms with Crippen LogP contribution in [0.3, 0.4) is 0 Å². The molecular formula is C22H23IN6O4S2. The Bertz CT molecular complexity index is 1320. The summed E-state index contributed by atoms with van der Waals surface area (Å²) in [6.07, 6.45) is 5.22. The molecule has 0 aliphatic heterocycles. The van der Waals surface area contributed by atoms with Gasteiger partial charge in [-0.2, -0.15) is 18.7 Å². The van der Waals surface area contributed by atoms with E-state index in [0.29, 0.717) is 29.3 Å². The number of ether oxygens (including phenoxy) is 1. The number of para-hydroxylation sites is 1. The summed E-state index contributed by atoms with van der Waals surface area (Å²) in [5.74, 6) is 1.20. The number of thiophene rings is 1. The molecule has 0 amide bonds. The van der Waals surface area contributed by atoms with Crippen molar-refractivity contribution in [1.82, 2.24) is 14.7 Å². The third-order valence-corrected chi connectivity index (χ3v) is 8.26. The van der Waals surface area contributed by atoms with E-state index >= 15 is 0 Å². The van der Waals surface area contributed by atoms with E-state index in [1.54, 1.807) is 0 Å². The van der Waals surface area contributed by atoms with Crippen LogP contribution >= 0.6 is 33.9 Å². The lowest BCUT2D eigenvalue weighted by Gasteiger charge is -2.16. The molecule has 10 nitrogen and oxygen atoms in total. The number of anilines is 1. The molecule has 35 heavy (non-hydrogen) atoms. The number of nitrogens with one attached hydrogen (secondary N) is 3. The SMILES string of the molecule is N=NS(=O)(=O)NC[C@@H]1CC[C@H](Nc2ncncc2C(=O)c2cc(COc3ccccc3I)cs2)C1. The highest BCUT2D eigenvalue weighted by molar-refractivity contribution is 14.1. The summed E-state index contributed by atoms with van der Waals surface area (Å²) in [6.45, 7) is 0.585. The van der Waals surface area contributed by atoms with Crippen molar-refractivity contribution >= 4 is 55.7 Å². The lowest BCUT2D eigenvalue weighted by molar-refractivity contribution is 0.104. The first-order valence-electron chi connectivity index (χ1n) is 10.8. The van der Waals surface area contributed by atoms with Crippen molar-refractivity contribution in [2.45, 2.75) is 31.9 Å². The van der Waals surface area contributed by atoms with Crippen LogP contribution < -0.4 is 14.8 Å². The lowest BCUT2D eigenvalue weighted by atomic mass is 10.1. The number of carbonyl (C=O) groups excluding carboxylic acids is 1. The Morgan fingerprint density at radius 1 is 1.31 bits per heavy atom. The second kappa shape index (κ2) is 11.5. The molecule has 1 fully saturated rings. The van der Waals surface area contributed by atoms with Gasteiger partial charge in [-0.1, -0.05) is 16.7 Å². The van der Waals surface area contributed by atoms with Crippen molar-refractivity contribution in [3.05, 3.63) is 67.8 Å². The monoisotopic (exact) mass is 626 g/mol. The molecule has 0 saturated heterocycles. The third-order valence-electron chi connectivity index (χ3n) is 5.62. The third kappa shape index (κ3) is 6.80. The van der Waals surface area contributed by atoms with Crippen molar-refractivity contribution in [3.63, 3.8) is 0 Å². The van der Waals surface area contributed by atoms with E-state index in [4.69, 9.17) is 10.3 Å². The Balaban J connectivity index is 1.38. The Hall–Kier alpha value is -2.49. The van der Waals surface area contributed by atoms with Crippen molar-refractivity contribution in [2.24, 2.45) is 10.4 Å². The minimum atomic E-state index is -3.90. The summed E-state index contributed by atoms with van der Waals surface area (Å²) < 4.78 is 34.6. The van der Waals surface area contributed by atoms with E-state index in [1.165, 1.54) is 23.9 Å². The molecule has 1 aliphatic carbocycles. The van der Waals surface area contributed by atoms with Crippen LogP contribution in [-0.4, -0.2) is 36.8 Å². The number of hydrogen-bond donors (Lipinski definition) is 3. The molecule has 2 aromatic heterocycles. The van der Waals surface area contributed by atoms with Crippen LogP contribution in [0.2, 0.25) is 0 Å². The first-order valence-corrected chi connectivity index (χ1v) is 14.2. The van der Waals surface area contributed by atoms with Gasteiger partial charge in [-0.25, -0.2) is 9.97 Å². The standard InChI is InChI=1S/C22H23IN6O4S2/c23-18-3-1-2-4-19(18)33-11-15-8-20(34-12-15)21(30)17-10-25-13-26-22(17)28-16-6-5-14(7-16)9-27-35(31,32)29-24/h1-4,8,10,12-14,16,24,27H,5-7,9,11H2,(H,25,26,28)/t14-,16+/m1/s1. The molecule has 0 unspecified atom stereocenters. The highest BCUT2D eigenvalue weighted by Gasteiger charge is 2.27. The first-order chi connectivity index (χ1) is 16.8. The van der Waals surface area contributed by atoms with Gasteiger partial charge in [-0.3, -0.25) is 4.79 Å². The smallest absolute Gasteiger partial charge is 0.336 e. The average molecular weight is 627 g/mol. The number of benzene rings is 1. The van der Waals surface area contributed by atoms with Crippen LogP contribution in [0.4, 0.5) is 5.82 Å². The van der Waals surface area contributed by atoms with Gasteiger partial charge in [0.2, 0.25) is 5.78 Å². The van der Waals surface area contributed by atoms with Crippen LogP contribution in [-0.2, 0) is 16.8 Å². The second-order valence-corrected chi connectivity index (χ2v) is 11.6. The lowest BCUT2D eigenvalue weighted by Crippen LogP contribution is -2.27. The van der Waals surface area contributed by atoms with Crippen molar-refractivity contribution < 1.29 is 17.9 Å². The highest BCUT2D eigenvalue weighted by atomic mass is 127. The van der Waals surface area contributed by atoms with Gasteiger partial charge in [-0.05, 0) is 71.4 Å². The van der Waals surface area contributed by atoms with E-state index in [-0.39, 0.29) is 24.3 Å². The molecule has 3 N–H and O–H groups in total. The van der Waals surface area contributed by atoms with E-state index in [0.717, 1.165) is 27.7 Å². The zero-order valence-electron chi connectivity index (χ0n) is 18.5. The molecule has 0 radical (unpaired) electrons. The van der Waals surface area contributed by atoms with Gasteiger partial charge in [0.05, 0.1) is 14.0 Å². The summed E-state index contributed by atoms with van der Waals surface area (Å²) in [4.78, 5) is 22.1. The molecule has 4 rings (SSSR count). The number of nitrogens with zero attached hydrogens (tertiary/aromatic N) is 3. The Morgan fingerprint density at radius 3 is 2.94 bits per heavy atom. The minimum Gasteiger partial charge on any atom is -0.488 e. The summed E-state index contributed by atoms with van der Waals surface area (Å²) in [6, 6.07) is 9.62. The number of hydrogen-bond acceptors (Lipinski definition) is 9. The second-order valence-electron chi connectivity index (χ2n) is 8.09. The Kier molecular flexibility index (Phi) is 8.41. The normalized spacial score (nSPS) is 17.7. The molecule has 3 aromatic rings. The number of halogens is 1. The van der Waals surface area contributed by atoms with Crippen LogP contribution in [0, 0.1) is 15.0 Å². The molecule has 0 spiro atoms. The van der Waals surface area contributed by atoms with Gasteiger partial charge in [0, 0.05) is 24.3 Å². The molecule has 2 atom stereocenters. The number of carbonyl (C=O) groups is 1. The summed E-state index contributed by atoms with van der Waals surface area (Å²) >= 11 is 3.57. The van der Waals surface area contributed by atoms with Crippen molar-refractivity contribution in [2.75, 3.05) is 11.9 Å². The van der Waals surface area contributed by atoms with Gasteiger partial charge >= 0.3 is 10.2 Å². The molecule has 1 aromatic carbocycles. The molecular weight excluding hydrogens is 603 g/mol. The Morgan fingerprint density at radius 2 is 2.14 bits per heavy atom. The van der Waals surface area contributed by atoms with Gasteiger partial charge < -0.3 is 10.1 Å². The quantitative estimate of drug-likeness (QED) is 0.163. The topological polar surface area (TPSA) is 146 Å². The number of aromatic nitrogens is 2. The average Bonchev–Trinajstić information content (AvgIpc) is 3.52. The minimum absolute atomic E-state index is 0.0412. The van der Waals surface area contributed by atoms with Crippen molar-refractivity contribution in [1.29, 1.82) is 5.53 Å². The fraction of sp³-hybridized carbons (Fsp3) is 0.318. The molecule has 0 bridgehead atoms. The zero-order valence-corrected chi connectivity index (χ0v) is 22.3. The van der Waals surface area contributed by atoms with Gasteiger partial charge in [0.25, 0.3) is 0 Å². The maximum Gasteiger partial charge on any atom is 0.336 e. The van der Waals surface area contributed by atoms with Crippen LogP contribution in [0.1, 0.15) is 40.1 Å². The van der Waals surface area contributed by atoms with Crippen LogP contribution in [0.5, 0.6) is 5.75 Å². The number of ketones is 1. The van der Waals surface area contributed by atoms with Crippen LogP contribution in [0.15, 0.2) is 52.8 Å². The molecule has 1 aliphatic rings. The summed E-state index contributed by atoms with van der Waals surface area (Å²) in [5.41, 5.74) is 7.98. The maximum absolute atomic E-state index is 13.2. The van der Waals surface area contributed by atoms with Gasteiger partial charge in [0.15, 0.2) is 0 Å². The fourth-order valence-electron chi connectivity index (χ4n) is 3.88. The summed E-state index contributed by atoms with van der Waals surface area (Å²) in [5, 5.41) is 5.24.